The average Bonchev–Trinajstić information content (AvgIpc) is 3.83. The summed E-state index contributed by atoms with van der Waals surface area (Å²) in [5, 5.41) is 4.64. The molecule has 4 N–H and O–H groups in total. The maximum absolute atomic E-state index is 15.8. The summed E-state index contributed by atoms with van der Waals surface area (Å²) in [4.78, 5) is 68.9. The van der Waals surface area contributed by atoms with E-state index in [0.29, 0.717) is 48.4 Å². The predicted octanol–water partition coefficient (Wildman–Crippen LogP) is 6.87. The number of unbranched alkanes of at least 4 members (excludes halogenated alkanes) is 5. The molecule has 4 amide bonds. The molecule has 9 rings (SSSR count). The van der Waals surface area contributed by atoms with Crippen LogP contribution >= 0.6 is 0 Å². The topological polar surface area (TPSA) is 180 Å². The Kier molecular flexibility index (Phi) is 12.4. The molecule has 1 spiro atoms. The van der Waals surface area contributed by atoms with E-state index >= 15 is 4.39 Å². The van der Waals surface area contributed by atoms with E-state index in [-0.39, 0.29) is 52.1 Å². The molecule has 5 aromatic rings. The average molecular weight is 911 g/mol. The lowest BCUT2D eigenvalue weighted by Crippen LogP contribution is -2.60. The number of imidazole rings is 1. The fourth-order valence-electron chi connectivity index (χ4n) is 9.70. The number of aromatic nitrogens is 4. The number of nitrogens with two attached hydrogens (primary N) is 1. The first-order valence-corrected chi connectivity index (χ1v) is 22.4. The molecule has 19 heteroatoms. The van der Waals surface area contributed by atoms with Crippen LogP contribution in [0.2, 0.25) is 0 Å². The molecule has 3 saturated heterocycles. The smallest absolute Gasteiger partial charge is 0.416 e. The molecule has 1 unspecified atom stereocenters. The lowest BCUT2D eigenvalue weighted by molar-refractivity contribution is -0.138. The summed E-state index contributed by atoms with van der Waals surface area (Å²) in [6.45, 7) is 5.63. The van der Waals surface area contributed by atoms with Crippen LogP contribution in [0.25, 0.3) is 16.8 Å². The van der Waals surface area contributed by atoms with Crippen molar-refractivity contribution in [2.24, 2.45) is 5.41 Å². The van der Waals surface area contributed by atoms with Gasteiger partial charge in [0.1, 0.15) is 40.5 Å². The molecule has 346 valence electrons. The number of rotatable bonds is 15. The van der Waals surface area contributed by atoms with Gasteiger partial charge in [-0.2, -0.15) is 13.2 Å². The van der Waals surface area contributed by atoms with Crippen molar-refractivity contribution in [2.75, 3.05) is 55.3 Å². The summed E-state index contributed by atoms with van der Waals surface area (Å²) < 4.78 is 63.1. The van der Waals surface area contributed by atoms with Gasteiger partial charge in [0.05, 0.1) is 12.2 Å². The van der Waals surface area contributed by atoms with Gasteiger partial charge >= 0.3 is 6.18 Å². The number of benzene rings is 2. The van der Waals surface area contributed by atoms with Crippen molar-refractivity contribution in [3.8, 4) is 17.0 Å². The van der Waals surface area contributed by atoms with E-state index in [1.165, 1.54) is 18.6 Å². The van der Waals surface area contributed by atoms with Gasteiger partial charge in [-0.1, -0.05) is 25.7 Å². The van der Waals surface area contributed by atoms with E-state index in [0.717, 1.165) is 102 Å². The standard InChI is InChI=1S/C47H50F4N10O5/c48-35-24-29(42(63)55-37-25-31(13-16-53-37)47(49,50)51)7-9-34(35)39-40-41(52)54-17-21-60(40)45(57-39)59-19-14-46(15-20-59)27-58(28-46)18-5-3-1-2-4-6-22-66-32-8-10-33-30(23-32)26-61(44(33)65)36-11-12-38(62)56-43(36)64/h7-10,13,16-17,21,23-25,36H,1-6,11-12,14-15,18-20,22,26-28H2,(H2,52,54)(H,53,55,63)(H,56,62,64). The first-order chi connectivity index (χ1) is 31.7. The van der Waals surface area contributed by atoms with Crippen LogP contribution < -0.4 is 26.0 Å². The van der Waals surface area contributed by atoms with Crippen molar-refractivity contribution in [3.05, 3.63) is 95.2 Å². The number of fused-ring (bicyclic) bond motifs is 2. The highest BCUT2D eigenvalue weighted by Crippen LogP contribution is 2.43. The number of anilines is 3. The van der Waals surface area contributed by atoms with Gasteiger partial charge in [0.2, 0.25) is 17.8 Å². The second-order valence-electron chi connectivity index (χ2n) is 17.8. The number of ether oxygens (including phenoxy) is 1. The molecule has 7 heterocycles. The summed E-state index contributed by atoms with van der Waals surface area (Å²) in [7, 11) is 0. The maximum atomic E-state index is 15.8. The van der Waals surface area contributed by atoms with E-state index in [1.54, 1.807) is 29.4 Å². The van der Waals surface area contributed by atoms with E-state index in [2.05, 4.69) is 30.4 Å². The number of hydrogen-bond acceptors (Lipinski definition) is 11. The van der Waals surface area contributed by atoms with Gasteiger partial charge in [0.25, 0.3) is 11.8 Å². The van der Waals surface area contributed by atoms with E-state index < -0.39 is 35.4 Å². The van der Waals surface area contributed by atoms with Gasteiger partial charge in [-0.25, -0.2) is 19.3 Å². The number of carbonyl (C=O) groups is 4. The molecule has 15 nitrogen and oxygen atoms in total. The molecule has 0 aliphatic carbocycles. The van der Waals surface area contributed by atoms with E-state index in [9.17, 15) is 32.3 Å². The van der Waals surface area contributed by atoms with Crippen molar-refractivity contribution < 1.29 is 41.5 Å². The highest BCUT2D eigenvalue weighted by Gasteiger charge is 2.45. The number of carbonyl (C=O) groups excluding carboxylic acids is 4. The summed E-state index contributed by atoms with van der Waals surface area (Å²) in [6, 6.07) is 10.1. The summed E-state index contributed by atoms with van der Waals surface area (Å²) in [5.41, 5.74) is 7.69. The zero-order valence-corrected chi connectivity index (χ0v) is 36.2. The van der Waals surface area contributed by atoms with Crippen LogP contribution in [0, 0.1) is 11.2 Å². The van der Waals surface area contributed by atoms with Crippen LogP contribution in [0.1, 0.15) is 96.1 Å². The lowest BCUT2D eigenvalue weighted by Gasteiger charge is -2.54. The molecule has 0 saturated carbocycles. The van der Waals surface area contributed by atoms with Gasteiger partial charge < -0.3 is 30.5 Å². The fourth-order valence-corrected chi connectivity index (χ4v) is 9.70. The molecular formula is C47H50F4N10O5. The minimum Gasteiger partial charge on any atom is -0.494 e. The van der Waals surface area contributed by atoms with Crippen molar-refractivity contribution in [2.45, 2.75) is 83.0 Å². The third kappa shape index (κ3) is 9.25. The monoisotopic (exact) mass is 910 g/mol. The second kappa shape index (κ2) is 18.3. The lowest BCUT2D eigenvalue weighted by atomic mass is 9.72. The SMILES string of the molecule is Nc1nccn2c(N3CCC4(CC3)CN(CCCCCCCCOc3ccc5c(c3)CN(C3CCC(=O)NC3=O)C5=O)C4)nc(-c3ccc(C(=O)Nc4cc(C(F)(F)F)ccn4)cc3F)c12. The molecule has 1 atom stereocenters. The van der Waals surface area contributed by atoms with Crippen LogP contribution in [0.15, 0.2) is 67.1 Å². The van der Waals surface area contributed by atoms with E-state index in [1.807, 2.05) is 10.5 Å². The minimum absolute atomic E-state index is 0.0967. The first kappa shape index (κ1) is 44.6. The highest BCUT2D eigenvalue weighted by atomic mass is 19.4. The Morgan fingerprint density at radius 1 is 0.924 bits per heavy atom. The Morgan fingerprint density at radius 3 is 2.44 bits per heavy atom. The van der Waals surface area contributed by atoms with Crippen molar-refractivity contribution >= 4 is 46.7 Å². The number of imide groups is 1. The minimum atomic E-state index is -4.62. The number of pyridine rings is 1. The Labute approximate surface area is 377 Å². The maximum Gasteiger partial charge on any atom is 0.416 e. The number of nitrogens with zero attached hydrogens (tertiary/aromatic N) is 7. The van der Waals surface area contributed by atoms with Crippen LogP contribution in [-0.2, 0) is 22.3 Å². The number of likely N-dealkylation sites (tertiary alicyclic amines) is 1. The molecule has 3 fully saturated rings. The zero-order valence-electron chi connectivity index (χ0n) is 36.2. The summed E-state index contributed by atoms with van der Waals surface area (Å²) in [6.07, 6.45) is 8.77. The van der Waals surface area contributed by atoms with Gasteiger partial charge in [0, 0.05) is 74.4 Å². The molecule has 0 bridgehead atoms. The number of hydrogen-bond donors (Lipinski definition) is 3. The fraction of sp³-hybridized carbons (Fsp3) is 0.426. The molecule has 66 heavy (non-hydrogen) atoms. The normalized spacial score (nSPS) is 18.4. The molecule has 4 aliphatic rings. The zero-order chi connectivity index (χ0) is 46.2. The van der Waals surface area contributed by atoms with Gasteiger partial charge in [-0.3, -0.25) is 28.9 Å². The third-order valence-electron chi connectivity index (χ3n) is 13.2. The Bertz CT molecular complexity index is 2670. The molecule has 4 aliphatic heterocycles. The van der Waals surface area contributed by atoms with Gasteiger partial charge in [-0.05, 0) is 98.2 Å². The Morgan fingerprint density at radius 2 is 1.68 bits per heavy atom. The Hall–Kier alpha value is -6.63. The largest absolute Gasteiger partial charge is 0.494 e. The van der Waals surface area contributed by atoms with Crippen LogP contribution in [-0.4, -0.2) is 98.2 Å². The first-order valence-electron chi connectivity index (χ1n) is 22.4. The van der Waals surface area contributed by atoms with Crippen molar-refractivity contribution in [1.29, 1.82) is 0 Å². The van der Waals surface area contributed by atoms with Crippen molar-refractivity contribution in [3.63, 3.8) is 0 Å². The number of nitrogen functional groups attached to an aromatic ring is 1. The second-order valence-corrected chi connectivity index (χ2v) is 17.8. The van der Waals surface area contributed by atoms with Crippen LogP contribution in [0.5, 0.6) is 5.75 Å². The molecule has 2 aromatic carbocycles. The van der Waals surface area contributed by atoms with Gasteiger partial charge in [-0.15, -0.1) is 0 Å². The third-order valence-corrected chi connectivity index (χ3v) is 13.2. The molecule has 0 radical (unpaired) electrons. The number of halogens is 4. The number of piperidine rings is 2. The molecular weight excluding hydrogens is 861 g/mol. The summed E-state index contributed by atoms with van der Waals surface area (Å²) in [5.74, 6) is -1.33. The quantitative estimate of drug-likeness (QED) is 0.0567. The Balaban J connectivity index is 0.695. The van der Waals surface area contributed by atoms with E-state index in [4.69, 9.17) is 15.5 Å². The highest BCUT2D eigenvalue weighted by molar-refractivity contribution is 6.06. The number of amides is 4. The number of alkyl halides is 3. The molecule has 3 aromatic heterocycles. The summed E-state index contributed by atoms with van der Waals surface area (Å²) >= 11 is 0. The van der Waals surface area contributed by atoms with Gasteiger partial charge in [0.15, 0.2) is 0 Å². The van der Waals surface area contributed by atoms with Crippen LogP contribution in [0.4, 0.5) is 35.1 Å². The predicted molar refractivity (Wildman–Crippen MR) is 236 cm³/mol. The van der Waals surface area contributed by atoms with Crippen molar-refractivity contribution in [1.82, 2.24) is 34.5 Å². The number of nitrogens with one attached hydrogen (secondary N) is 2. The van der Waals surface area contributed by atoms with Crippen LogP contribution in [0.3, 0.4) is 0 Å².